The topological polar surface area (TPSA) is 28.6 Å². The molecule has 0 aromatic carbocycles. The lowest BCUT2D eigenvalue weighted by molar-refractivity contribution is 0.464. The van der Waals surface area contributed by atoms with Crippen LogP contribution in [0.5, 0.6) is 0 Å². The van der Waals surface area contributed by atoms with Crippen LogP contribution in [0.25, 0.3) is 0 Å². The van der Waals surface area contributed by atoms with E-state index in [4.69, 9.17) is 9.41 Å². The van der Waals surface area contributed by atoms with E-state index >= 15 is 0 Å². The standard InChI is InChI=1S/C13H16BrN3OSi/c1-3-4-5-16-7-12-17(8-19-18-12)13-11(16)6-10(14)9(2)15-13/h6-8,19H,3-5H2,1-2H3. The Morgan fingerprint density at radius 2 is 2.32 bits per heavy atom. The first kappa shape index (κ1) is 12.9. The van der Waals surface area contributed by atoms with Gasteiger partial charge in [0.1, 0.15) is 0 Å². The Hall–Kier alpha value is -1.14. The molecule has 100 valence electrons. The number of hydrogen-bond acceptors (Lipinski definition) is 4. The molecular formula is C13H16BrN3OSi. The number of unbranched alkanes of at least 4 members (excludes halogenated alkanes) is 1. The van der Waals surface area contributed by atoms with Gasteiger partial charge in [-0.15, -0.1) is 0 Å². The molecule has 0 bridgehead atoms. The van der Waals surface area contributed by atoms with Crippen LogP contribution in [0.3, 0.4) is 0 Å². The first-order chi connectivity index (χ1) is 9.20. The number of pyridine rings is 1. The van der Waals surface area contributed by atoms with E-state index in [0.29, 0.717) is 0 Å². The molecule has 0 aliphatic carbocycles. The fourth-order valence-electron chi connectivity index (χ4n) is 2.22. The number of aryl methyl sites for hydroxylation is 1. The minimum atomic E-state index is -0.104. The molecule has 0 spiro atoms. The number of aromatic nitrogens is 1. The SMILES string of the molecule is CCCCN1C=C2O[SiH]=CN2c2nc(C)c(Br)cc21. The Kier molecular flexibility index (Phi) is 3.45. The largest absolute Gasteiger partial charge is 0.504 e. The van der Waals surface area contributed by atoms with Gasteiger partial charge in [0, 0.05) is 16.8 Å². The van der Waals surface area contributed by atoms with E-state index in [9.17, 15) is 0 Å². The molecule has 6 heteroatoms. The van der Waals surface area contributed by atoms with Crippen LogP contribution in [0.1, 0.15) is 25.5 Å². The van der Waals surface area contributed by atoms with Gasteiger partial charge in [-0.2, -0.15) is 0 Å². The molecule has 1 aromatic heterocycles. The van der Waals surface area contributed by atoms with Gasteiger partial charge in [0.15, 0.2) is 5.82 Å². The summed E-state index contributed by atoms with van der Waals surface area (Å²) in [5, 5.41) is 0. The molecule has 0 radical (unpaired) electrons. The van der Waals surface area contributed by atoms with E-state index in [1.165, 1.54) is 6.42 Å². The van der Waals surface area contributed by atoms with E-state index < -0.39 is 0 Å². The summed E-state index contributed by atoms with van der Waals surface area (Å²) in [5.74, 6) is 4.01. The zero-order valence-corrected chi connectivity index (χ0v) is 13.8. The highest BCUT2D eigenvalue weighted by molar-refractivity contribution is 9.10. The van der Waals surface area contributed by atoms with Crippen molar-refractivity contribution in [3.05, 3.63) is 28.3 Å². The van der Waals surface area contributed by atoms with Crippen molar-refractivity contribution < 1.29 is 4.43 Å². The molecule has 4 nitrogen and oxygen atoms in total. The van der Waals surface area contributed by atoms with E-state index in [1.54, 1.807) is 0 Å². The molecule has 0 saturated heterocycles. The number of fused-ring (bicyclic) bond motifs is 3. The molecule has 0 unspecified atom stereocenters. The second-order valence-electron chi connectivity index (χ2n) is 4.69. The van der Waals surface area contributed by atoms with Gasteiger partial charge in [-0.25, -0.2) is 4.98 Å². The summed E-state index contributed by atoms with van der Waals surface area (Å²) >= 11 is 3.58. The third-order valence-corrected chi connectivity index (χ3v) is 4.90. The van der Waals surface area contributed by atoms with E-state index in [2.05, 4.69) is 50.7 Å². The first-order valence-electron chi connectivity index (χ1n) is 6.49. The third kappa shape index (κ3) is 2.23. The maximum atomic E-state index is 5.72. The van der Waals surface area contributed by atoms with Crippen LogP contribution >= 0.6 is 15.9 Å². The van der Waals surface area contributed by atoms with E-state index in [0.717, 1.165) is 40.5 Å². The number of rotatable bonds is 3. The molecule has 1 aromatic rings. The van der Waals surface area contributed by atoms with Crippen LogP contribution in [0, 0.1) is 6.92 Å². The summed E-state index contributed by atoms with van der Waals surface area (Å²) in [6, 6.07) is 2.15. The minimum absolute atomic E-state index is 0.104. The lowest BCUT2D eigenvalue weighted by Gasteiger charge is -2.32. The lowest BCUT2D eigenvalue weighted by Crippen LogP contribution is -2.31. The van der Waals surface area contributed by atoms with Crippen molar-refractivity contribution in [2.75, 3.05) is 16.3 Å². The molecule has 3 heterocycles. The molecule has 3 rings (SSSR count). The van der Waals surface area contributed by atoms with E-state index in [1.807, 2.05) is 6.92 Å². The number of halogens is 1. The minimum Gasteiger partial charge on any atom is -0.504 e. The Morgan fingerprint density at radius 3 is 3.11 bits per heavy atom. The zero-order valence-electron chi connectivity index (χ0n) is 11.1. The quantitative estimate of drug-likeness (QED) is 0.792. The summed E-state index contributed by atoms with van der Waals surface area (Å²) in [5.41, 5.74) is 2.15. The highest BCUT2D eigenvalue weighted by Gasteiger charge is 2.28. The molecule has 0 amide bonds. The van der Waals surface area contributed by atoms with E-state index in [-0.39, 0.29) is 9.38 Å². The highest BCUT2D eigenvalue weighted by atomic mass is 79.9. The normalized spacial score (nSPS) is 16.1. The van der Waals surface area contributed by atoms with Crippen LogP contribution in [-0.4, -0.2) is 26.7 Å². The summed E-state index contributed by atoms with van der Waals surface area (Å²) < 4.78 is 6.77. The second-order valence-corrected chi connectivity index (χ2v) is 6.35. The van der Waals surface area contributed by atoms with Crippen LogP contribution in [0.2, 0.25) is 0 Å². The Morgan fingerprint density at radius 1 is 1.47 bits per heavy atom. The average Bonchev–Trinajstić information content (AvgIpc) is 2.86. The van der Waals surface area contributed by atoms with Crippen molar-refractivity contribution in [3.8, 4) is 0 Å². The molecule has 0 fully saturated rings. The molecule has 2 aliphatic heterocycles. The lowest BCUT2D eigenvalue weighted by atomic mass is 10.2. The molecule has 0 saturated carbocycles. The average molecular weight is 338 g/mol. The monoisotopic (exact) mass is 337 g/mol. The molecule has 0 atom stereocenters. The first-order valence-corrected chi connectivity index (χ1v) is 8.42. The number of nitrogens with zero attached hydrogens (tertiary/aromatic N) is 3. The molecule has 19 heavy (non-hydrogen) atoms. The van der Waals surface area contributed by atoms with Crippen molar-refractivity contribution in [1.82, 2.24) is 4.98 Å². The Labute approximate surface area is 123 Å². The van der Waals surface area contributed by atoms with Crippen molar-refractivity contribution in [2.24, 2.45) is 0 Å². The van der Waals surface area contributed by atoms with Crippen LogP contribution < -0.4 is 9.80 Å². The zero-order chi connectivity index (χ0) is 13.4. The van der Waals surface area contributed by atoms with Gasteiger partial charge in [-0.3, -0.25) is 4.90 Å². The summed E-state index contributed by atoms with van der Waals surface area (Å²) in [6.45, 7) is 5.22. The van der Waals surface area contributed by atoms with Crippen LogP contribution in [0.15, 0.2) is 22.6 Å². The van der Waals surface area contributed by atoms with Crippen molar-refractivity contribution in [1.29, 1.82) is 0 Å². The Bertz CT molecular complexity index is 573. The second kappa shape index (κ2) is 5.09. The predicted octanol–water partition coefficient (Wildman–Crippen LogP) is 2.52. The summed E-state index contributed by atoms with van der Waals surface area (Å²) in [4.78, 5) is 9.04. The fourth-order valence-corrected chi connectivity index (χ4v) is 3.31. The number of hydrogen-bond donors (Lipinski definition) is 0. The van der Waals surface area contributed by atoms with Gasteiger partial charge in [-0.1, -0.05) is 13.3 Å². The molecule has 0 N–H and O–H groups in total. The van der Waals surface area contributed by atoms with Gasteiger partial charge in [0.25, 0.3) is 0 Å². The summed E-state index contributed by atoms with van der Waals surface area (Å²) in [7, 11) is -0.104. The maximum Gasteiger partial charge on any atom is 0.243 e. The van der Waals surface area contributed by atoms with Crippen molar-refractivity contribution >= 4 is 42.6 Å². The summed E-state index contributed by atoms with van der Waals surface area (Å²) in [6.07, 6.45) is 4.43. The number of anilines is 2. The Balaban J connectivity index is 2.06. The van der Waals surface area contributed by atoms with Gasteiger partial charge >= 0.3 is 0 Å². The fraction of sp³-hybridized carbons (Fsp3) is 0.385. The van der Waals surface area contributed by atoms with Crippen molar-refractivity contribution in [3.63, 3.8) is 0 Å². The van der Waals surface area contributed by atoms with Crippen LogP contribution in [-0.2, 0) is 4.43 Å². The molecule has 2 aliphatic rings. The maximum absolute atomic E-state index is 5.72. The highest BCUT2D eigenvalue weighted by Crippen LogP contribution is 2.38. The van der Waals surface area contributed by atoms with Crippen molar-refractivity contribution in [2.45, 2.75) is 26.7 Å². The predicted molar refractivity (Wildman–Crippen MR) is 83.8 cm³/mol. The van der Waals surface area contributed by atoms with Gasteiger partial charge < -0.3 is 9.33 Å². The molecular weight excluding hydrogens is 322 g/mol. The van der Waals surface area contributed by atoms with Gasteiger partial charge in [0.2, 0.25) is 15.3 Å². The third-order valence-electron chi connectivity index (χ3n) is 3.30. The smallest absolute Gasteiger partial charge is 0.243 e. The van der Waals surface area contributed by atoms with Crippen LogP contribution in [0.4, 0.5) is 11.5 Å². The van der Waals surface area contributed by atoms with Gasteiger partial charge in [-0.05, 0) is 35.3 Å². The van der Waals surface area contributed by atoms with Gasteiger partial charge in [0.05, 0.1) is 17.6 Å².